The number of nitrogens with zero attached hydrogens (tertiary/aromatic N) is 2. The van der Waals surface area contributed by atoms with E-state index in [9.17, 15) is 0 Å². The van der Waals surface area contributed by atoms with Crippen LogP contribution in [0.3, 0.4) is 0 Å². The first kappa shape index (κ1) is 54.3. The maximum atomic E-state index is 2.44. The van der Waals surface area contributed by atoms with Crippen LogP contribution >= 0.6 is 0 Å². The average molecular weight is 937 g/mol. The molecule has 0 aliphatic carbocycles. The second-order valence-electron chi connectivity index (χ2n) is 20.5. The number of rotatable bonds is 35. The van der Waals surface area contributed by atoms with Crippen LogP contribution in [0.5, 0.6) is 0 Å². The zero-order chi connectivity index (χ0) is 48.9. The molecule has 0 aliphatic heterocycles. The van der Waals surface area contributed by atoms with Gasteiger partial charge >= 0.3 is 0 Å². The van der Waals surface area contributed by atoms with E-state index < -0.39 is 0 Å². The minimum Gasteiger partial charge on any atom is -0.311 e. The highest BCUT2D eigenvalue weighted by Gasteiger charge is 2.16. The number of aryl methyl sites for hydroxylation is 4. The van der Waals surface area contributed by atoms with Crippen LogP contribution in [-0.4, -0.2) is 0 Å². The van der Waals surface area contributed by atoms with Crippen molar-refractivity contribution in [3.8, 4) is 11.1 Å². The molecule has 2 heteroatoms. The fourth-order valence-corrected chi connectivity index (χ4v) is 10.2. The molecule has 0 atom stereocenters. The minimum absolute atomic E-state index is 1.15. The van der Waals surface area contributed by atoms with Gasteiger partial charge in [-0.05, 0) is 158 Å². The molecule has 0 saturated heterocycles. The van der Waals surface area contributed by atoms with Crippen LogP contribution in [0.25, 0.3) is 11.1 Å². The van der Waals surface area contributed by atoms with Gasteiger partial charge in [0.2, 0.25) is 0 Å². The monoisotopic (exact) mass is 937 g/mol. The first-order chi connectivity index (χ1) is 34.6. The van der Waals surface area contributed by atoms with Crippen molar-refractivity contribution in [2.24, 2.45) is 0 Å². The van der Waals surface area contributed by atoms with Gasteiger partial charge in [-0.25, -0.2) is 0 Å². The SMILES string of the molecule is CCCCCCCCc1ccc(N(c2ccc(CCCCCCCC)cc2)c2ccc(-c3ccc(N(c4ccc(CCCCCCCC)cc4)c4ccc(CCCCCCCC)cc4)cc3)cc2)cc1. The highest BCUT2D eigenvalue weighted by Crippen LogP contribution is 2.39. The smallest absolute Gasteiger partial charge is 0.0462 e. The van der Waals surface area contributed by atoms with Crippen molar-refractivity contribution in [2.45, 2.75) is 207 Å². The van der Waals surface area contributed by atoms with E-state index >= 15 is 0 Å². The Morgan fingerprint density at radius 3 is 0.571 bits per heavy atom. The van der Waals surface area contributed by atoms with E-state index in [1.807, 2.05) is 0 Å². The Kier molecular flexibility index (Phi) is 24.8. The van der Waals surface area contributed by atoms with Crippen molar-refractivity contribution in [3.63, 3.8) is 0 Å². The van der Waals surface area contributed by atoms with Gasteiger partial charge in [0.05, 0.1) is 0 Å². The van der Waals surface area contributed by atoms with Gasteiger partial charge in [0.1, 0.15) is 0 Å². The summed E-state index contributed by atoms with van der Waals surface area (Å²) in [4.78, 5) is 4.87. The van der Waals surface area contributed by atoms with Crippen LogP contribution in [0, 0.1) is 0 Å². The van der Waals surface area contributed by atoms with Crippen molar-refractivity contribution < 1.29 is 0 Å². The van der Waals surface area contributed by atoms with Crippen molar-refractivity contribution in [1.82, 2.24) is 0 Å². The van der Waals surface area contributed by atoms with E-state index in [-0.39, 0.29) is 0 Å². The Labute approximate surface area is 428 Å². The number of hydrogen-bond acceptors (Lipinski definition) is 2. The zero-order valence-corrected chi connectivity index (χ0v) is 44.5. The molecule has 0 spiro atoms. The summed E-state index contributed by atoms with van der Waals surface area (Å²) in [7, 11) is 0. The lowest BCUT2D eigenvalue weighted by Crippen LogP contribution is -2.10. The number of unbranched alkanes of at least 4 members (excludes halogenated alkanes) is 20. The van der Waals surface area contributed by atoms with Crippen molar-refractivity contribution >= 4 is 34.1 Å². The molecule has 0 fully saturated rings. The van der Waals surface area contributed by atoms with Crippen LogP contribution < -0.4 is 9.80 Å². The fraction of sp³-hybridized carbons (Fsp3) is 0.471. The van der Waals surface area contributed by atoms with Gasteiger partial charge in [0.15, 0.2) is 0 Å². The summed E-state index contributed by atoms with van der Waals surface area (Å²) in [6, 6.07) is 56.0. The topological polar surface area (TPSA) is 6.48 Å². The lowest BCUT2D eigenvalue weighted by molar-refractivity contribution is 0.607. The maximum absolute atomic E-state index is 2.44. The third-order valence-electron chi connectivity index (χ3n) is 14.6. The molecule has 0 saturated carbocycles. The predicted octanol–water partition coefficient (Wildman–Crippen LogP) is 21.9. The quantitative estimate of drug-likeness (QED) is 0.0366. The van der Waals surface area contributed by atoms with Gasteiger partial charge in [-0.15, -0.1) is 0 Å². The van der Waals surface area contributed by atoms with E-state index in [1.165, 1.54) is 222 Å². The van der Waals surface area contributed by atoms with E-state index in [0.717, 1.165) is 25.7 Å². The Bertz CT molecular complexity index is 1950. The van der Waals surface area contributed by atoms with E-state index in [0.29, 0.717) is 0 Å². The summed E-state index contributed by atoms with van der Waals surface area (Å²) in [5.41, 5.74) is 15.4. The number of hydrogen-bond donors (Lipinski definition) is 0. The molecule has 0 aromatic heterocycles. The summed E-state index contributed by atoms with van der Waals surface area (Å²) in [5.74, 6) is 0. The van der Waals surface area contributed by atoms with Crippen LogP contribution in [-0.2, 0) is 25.7 Å². The molecule has 0 heterocycles. The summed E-state index contributed by atoms with van der Waals surface area (Å²) in [6.45, 7) is 9.18. The highest BCUT2D eigenvalue weighted by molar-refractivity contribution is 5.81. The largest absolute Gasteiger partial charge is 0.311 e. The first-order valence-electron chi connectivity index (χ1n) is 28.8. The molecule has 0 N–H and O–H groups in total. The Morgan fingerprint density at radius 2 is 0.371 bits per heavy atom. The molecular formula is C68H92N2. The molecule has 70 heavy (non-hydrogen) atoms. The van der Waals surface area contributed by atoms with Crippen LogP contribution in [0.4, 0.5) is 34.1 Å². The zero-order valence-electron chi connectivity index (χ0n) is 44.5. The van der Waals surface area contributed by atoms with Gasteiger partial charge in [-0.2, -0.15) is 0 Å². The standard InChI is InChI=1S/C68H92N2/c1-5-9-13-17-21-25-29-57-33-45-63(46-34-57)69(64-47-35-58(36-48-64)30-26-22-18-14-10-6-2)67-53-41-61(42-54-67)62-43-55-68(56-44-62)70(65-49-37-59(38-50-65)31-27-23-19-15-11-7-3)66-51-39-60(40-52-66)32-28-24-20-16-12-8-4/h33-56H,5-32H2,1-4H3. The molecule has 374 valence electrons. The predicted molar refractivity (Wildman–Crippen MR) is 310 cm³/mol. The third-order valence-corrected chi connectivity index (χ3v) is 14.6. The number of benzene rings is 6. The van der Waals surface area contributed by atoms with Crippen molar-refractivity contribution in [1.29, 1.82) is 0 Å². The fourth-order valence-electron chi connectivity index (χ4n) is 10.2. The van der Waals surface area contributed by atoms with Crippen molar-refractivity contribution in [3.05, 3.63) is 168 Å². The Balaban J connectivity index is 1.19. The lowest BCUT2D eigenvalue weighted by atomic mass is 10.0. The van der Waals surface area contributed by atoms with Gasteiger partial charge in [-0.1, -0.05) is 229 Å². The summed E-state index contributed by atoms with van der Waals surface area (Å²) in [5, 5.41) is 0. The maximum Gasteiger partial charge on any atom is 0.0462 e. The van der Waals surface area contributed by atoms with E-state index in [4.69, 9.17) is 0 Å². The molecule has 6 rings (SSSR count). The minimum atomic E-state index is 1.15. The molecule has 0 amide bonds. The molecule has 0 aliphatic rings. The highest BCUT2D eigenvalue weighted by atomic mass is 15.1. The van der Waals surface area contributed by atoms with Gasteiger partial charge < -0.3 is 9.80 Å². The molecule has 0 bridgehead atoms. The summed E-state index contributed by atoms with van der Waals surface area (Å²) < 4.78 is 0. The van der Waals surface area contributed by atoms with E-state index in [1.54, 1.807) is 0 Å². The third kappa shape index (κ3) is 18.3. The van der Waals surface area contributed by atoms with Crippen molar-refractivity contribution in [2.75, 3.05) is 9.80 Å². The lowest BCUT2D eigenvalue weighted by Gasteiger charge is -2.27. The second kappa shape index (κ2) is 32.0. The summed E-state index contributed by atoms with van der Waals surface area (Å²) in [6.07, 6.45) is 36.6. The molecule has 0 unspecified atom stereocenters. The van der Waals surface area contributed by atoms with E-state index in [2.05, 4.69) is 183 Å². The molecule has 6 aromatic carbocycles. The van der Waals surface area contributed by atoms with Gasteiger partial charge in [0, 0.05) is 34.1 Å². The van der Waals surface area contributed by atoms with Crippen LogP contribution in [0.1, 0.15) is 204 Å². The molecule has 2 nitrogen and oxygen atoms in total. The molecule has 6 aromatic rings. The van der Waals surface area contributed by atoms with Gasteiger partial charge in [-0.3, -0.25) is 0 Å². The van der Waals surface area contributed by atoms with Gasteiger partial charge in [0.25, 0.3) is 0 Å². The molecule has 0 radical (unpaired) electrons. The average Bonchev–Trinajstić information content (AvgIpc) is 3.40. The normalized spacial score (nSPS) is 11.3. The van der Waals surface area contributed by atoms with Crippen LogP contribution in [0.15, 0.2) is 146 Å². The Morgan fingerprint density at radius 1 is 0.200 bits per heavy atom. The first-order valence-corrected chi connectivity index (χ1v) is 28.8. The van der Waals surface area contributed by atoms with Crippen LogP contribution in [0.2, 0.25) is 0 Å². The second-order valence-corrected chi connectivity index (χ2v) is 20.5. The Hall–Kier alpha value is -5.08. The molecular weight excluding hydrogens is 845 g/mol. The summed E-state index contributed by atoms with van der Waals surface area (Å²) >= 11 is 0. The number of anilines is 6.